The first-order chi connectivity index (χ1) is 10.7. The average molecular weight is 324 g/mol. The van der Waals surface area contributed by atoms with Crippen molar-refractivity contribution in [2.75, 3.05) is 6.61 Å². The van der Waals surface area contributed by atoms with Crippen molar-refractivity contribution in [3.63, 3.8) is 0 Å². The van der Waals surface area contributed by atoms with Gasteiger partial charge in [0.1, 0.15) is 0 Å². The standard InChI is InChI=1S/C11H15NO2.C7H16.C2H6/c1-3-14-11(13)10-6-4-9(5-7-10)8(2)12;1-5-6-7(2,3)4;1-2/h4-8H,3,12H2,1-2H3;5-6H2,1-4H3;1-2H3. The summed E-state index contributed by atoms with van der Waals surface area (Å²) in [5.74, 6) is -0.288. The number of carbonyl (C=O) groups excluding carboxylic acids is 1. The Balaban J connectivity index is 0. The summed E-state index contributed by atoms with van der Waals surface area (Å²) in [6.07, 6.45) is 2.65. The Morgan fingerprint density at radius 1 is 1.13 bits per heavy atom. The number of ether oxygens (including phenoxy) is 1. The summed E-state index contributed by atoms with van der Waals surface area (Å²) in [6, 6.07) is 7.15. The molecule has 3 nitrogen and oxygen atoms in total. The maximum Gasteiger partial charge on any atom is 0.338 e. The highest BCUT2D eigenvalue weighted by Gasteiger charge is 2.07. The number of esters is 1. The van der Waals surface area contributed by atoms with Crippen molar-refractivity contribution in [3.05, 3.63) is 35.4 Å². The van der Waals surface area contributed by atoms with Crippen LogP contribution in [0.4, 0.5) is 0 Å². The van der Waals surface area contributed by atoms with E-state index < -0.39 is 0 Å². The fourth-order valence-electron chi connectivity index (χ4n) is 1.89. The minimum atomic E-state index is -0.288. The van der Waals surface area contributed by atoms with Gasteiger partial charge in [-0.05, 0) is 43.4 Å². The van der Waals surface area contributed by atoms with Gasteiger partial charge < -0.3 is 10.5 Å². The second-order valence-electron chi connectivity index (χ2n) is 6.44. The summed E-state index contributed by atoms with van der Waals surface area (Å²) < 4.78 is 4.86. The minimum Gasteiger partial charge on any atom is -0.462 e. The Labute approximate surface area is 143 Å². The predicted octanol–water partition coefficient (Wildman–Crippen LogP) is 5.74. The van der Waals surface area contributed by atoms with Gasteiger partial charge in [-0.15, -0.1) is 0 Å². The molecule has 3 heteroatoms. The number of hydrogen-bond acceptors (Lipinski definition) is 3. The molecule has 1 rings (SSSR count). The molecule has 0 saturated heterocycles. The fourth-order valence-corrected chi connectivity index (χ4v) is 1.89. The van der Waals surface area contributed by atoms with E-state index in [0.717, 1.165) is 5.56 Å². The van der Waals surface area contributed by atoms with Crippen LogP contribution in [0.1, 0.15) is 90.2 Å². The van der Waals surface area contributed by atoms with Crippen LogP contribution in [0.3, 0.4) is 0 Å². The molecule has 23 heavy (non-hydrogen) atoms. The predicted molar refractivity (Wildman–Crippen MR) is 101 cm³/mol. The van der Waals surface area contributed by atoms with Gasteiger partial charge in [0.2, 0.25) is 0 Å². The molecule has 0 aliphatic carbocycles. The van der Waals surface area contributed by atoms with Crippen molar-refractivity contribution in [2.45, 2.75) is 74.3 Å². The van der Waals surface area contributed by atoms with E-state index in [2.05, 4.69) is 27.7 Å². The van der Waals surface area contributed by atoms with E-state index in [1.54, 1.807) is 19.1 Å². The van der Waals surface area contributed by atoms with Crippen LogP contribution >= 0.6 is 0 Å². The average Bonchev–Trinajstić information content (AvgIpc) is 2.49. The van der Waals surface area contributed by atoms with Crippen molar-refractivity contribution < 1.29 is 9.53 Å². The molecule has 1 atom stereocenters. The van der Waals surface area contributed by atoms with E-state index in [1.807, 2.05) is 32.9 Å². The van der Waals surface area contributed by atoms with Crippen LogP contribution in [0.15, 0.2) is 24.3 Å². The molecule has 0 aromatic heterocycles. The van der Waals surface area contributed by atoms with Crippen molar-refractivity contribution in [1.82, 2.24) is 0 Å². The molecule has 0 aliphatic rings. The molecule has 0 saturated carbocycles. The third kappa shape index (κ3) is 12.8. The topological polar surface area (TPSA) is 52.3 Å². The highest BCUT2D eigenvalue weighted by Crippen LogP contribution is 2.19. The summed E-state index contributed by atoms with van der Waals surface area (Å²) in [5, 5.41) is 0. The van der Waals surface area contributed by atoms with Crippen LogP contribution in [0.5, 0.6) is 0 Å². The first-order valence-corrected chi connectivity index (χ1v) is 8.74. The second kappa shape index (κ2) is 13.1. The lowest BCUT2D eigenvalue weighted by atomic mass is 9.91. The number of rotatable bonds is 4. The first-order valence-electron chi connectivity index (χ1n) is 8.74. The Morgan fingerprint density at radius 3 is 1.87 bits per heavy atom. The number of benzene rings is 1. The van der Waals surface area contributed by atoms with E-state index in [-0.39, 0.29) is 12.0 Å². The van der Waals surface area contributed by atoms with Gasteiger partial charge in [-0.2, -0.15) is 0 Å². The summed E-state index contributed by atoms with van der Waals surface area (Å²) in [6.45, 7) is 17.1. The number of nitrogens with two attached hydrogens (primary N) is 1. The lowest BCUT2D eigenvalue weighted by molar-refractivity contribution is 0.0526. The van der Waals surface area contributed by atoms with Gasteiger partial charge in [0.15, 0.2) is 0 Å². The summed E-state index contributed by atoms with van der Waals surface area (Å²) in [4.78, 5) is 11.3. The fraction of sp³-hybridized carbons (Fsp3) is 0.650. The summed E-state index contributed by atoms with van der Waals surface area (Å²) in [5.41, 5.74) is 7.81. The maximum absolute atomic E-state index is 11.3. The molecule has 0 amide bonds. The van der Waals surface area contributed by atoms with Crippen molar-refractivity contribution in [3.8, 4) is 0 Å². The van der Waals surface area contributed by atoms with Gasteiger partial charge in [0, 0.05) is 6.04 Å². The Hall–Kier alpha value is -1.35. The largest absolute Gasteiger partial charge is 0.462 e. The zero-order valence-electron chi connectivity index (χ0n) is 16.4. The van der Waals surface area contributed by atoms with Gasteiger partial charge >= 0.3 is 5.97 Å². The van der Waals surface area contributed by atoms with Gasteiger partial charge in [-0.1, -0.05) is 60.1 Å². The molecular formula is C20H37NO2. The van der Waals surface area contributed by atoms with E-state index in [0.29, 0.717) is 17.6 Å². The van der Waals surface area contributed by atoms with Crippen LogP contribution < -0.4 is 5.73 Å². The molecule has 0 spiro atoms. The van der Waals surface area contributed by atoms with Crippen LogP contribution in [-0.2, 0) is 4.74 Å². The second-order valence-corrected chi connectivity index (χ2v) is 6.44. The molecule has 0 radical (unpaired) electrons. The molecule has 0 bridgehead atoms. The van der Waals surface area contributed by atoms with Crippen LogP contribution in [0.2, 0.25) is 0 Å². The molecule has 1 aromatic rings. The van der Waals surface area contributed by atoms with E-state index >= 15 is 0 Å². The molecule has 0 fully saturated rings. The van der Waals surface area contributed by atoms with Crippen LogP contribution in [0.25, 0.3) is 0 Å². The van der Waals surface area contributed by atoms with Crippen molar-refractivity contribution in [1.29, 1.82) is 0 Å². The van der Waals surface area contributed by atoms with Gasteiger partial charge in [0.05, 0.1) is 12.2 Å². The van der Waals surface area contributed by atoms with Crippen LogP contribution in [0, 0.1) is 5.41 Å². The van der Waals surface area contributed by atoms with E-state index in [4.69, 9.17) is 10.5 Å². The molecule has 1 aromatic carbocycles. The molecule has 1 unspecified atom stereocenters. The zero-order valence-corrected chi connectivity index (χ0v) is 16.4. The number of hydrogen-bond donors (Lipinski definition) is 1. The highest BCUT2D eigenvalue weighted by molar-refractivity contribution is 5.89. The minimum absolute atomic E-state index is 0.00811. The highest BCUT2D eigenvalue weighted by atomic mass is 16.5. The third-order valence-corrected chi connectivity index (χ3v) is 2.95. The van der Waals surface area contributed by atoms with Gasteiger partial charge in [-0.25, -0.2) is 4.79 Å². The molecule has 2 N–H and O–H groups in total. The quantitative estimate of drug-likeness (QED) is 0.719. The Kier molecular flexibility index (Phi) is 13.6. The zero-order chi connectivity index (χ0) is 18.5. The molecular weight excluding hydrogens is 286 g/mol. The number of carbonyl (C=O) groups is 1. The monoisotopic (exact) mass is 323 g/mol. The Morgan fingerprint density at radius 2 is 1.61 bits per heavy atom. The first kappa shape index (κ1) is 23.9. The van der Waals surface area contributed by atoms with Crippen LogP contribution in [-0.4, -0.2) is 12.6 Å². The van der Waals surface area contributed by atoms with Crippen molar-refractivity contribution >= 4 is 5.97 Å². The lowest BCUT2D eigenvalue weighted by Gasteiger charge is -2.15. The lowest BCUT2D eigenvalue weighted by Crippen LogP contribution is -2.07. The van der Waals surface area contributed by atoms with Gasteiger partial charge in [-0.3, -0.25) is 0 Å². The van der Waals surface area contributed by atoms with Crippen molar-refractivity contribution in [2.24, 2.45) is 11.1 Å². The Bertz CT molecular complexity index is 403. The van der Waals surface area contributed by atoms with Gasteiger partial charge in [0.25, 0.3) is 0 Å². The van der Waals surface area contributed by atoms with E-state index in [9.17, 15) is 4.79 Å². The van der Waals surface area contributed by atoms with E-state index in [1.165, 1.54) is 12.8 Å². The third-order valence-electron chi connectivity index (χ3n) is 2.95. The molecule has 134 valence electrons. The smallest absolute Gasteiger partial charge is 0.338 e. The molecule has 0 heterocycles. The summed E-state index contributed by atoms with van der Waals surface area (Å²) in [7, 11) is 0. The summed E-state index contributed by atoms with van der Waals surface area (Å²) >= 11 is 0. The SMILES string of the molecule is CC.CCCC(C)(C)C.CCOC(=O)c1ccc(C(C)N)cc1. The molecule has 0 aliphatic heterocycles. The maximum atomic E-state index is 11.3. The normalized spacial score (nSPS) is 11.3.